The Kier molecular flexibility index (Phi) is 11.4. The number of ether oxygens (including phenoxy) is 2. The number of carboxylic acids is 1. The van der Waals surface area contributed by atoms with E-state index >= 15 is 0 Å². The molecule has 2 atom stereocenters. The SMILES string of the molecule is CC(C)Oc1cc2c(cc1Nc1ncnc3sc4c(c13)CC[C@H](C(=O)N(C)C)C4)C=NC2.CC(C)Oc1cc2c(cc1Nc1ncnc3sc4c(c13)CC[C@H](C(=O)O)C4)C=NC2. The van der Waals surface area contributed by atoms with Gasteiger partial charge in [-0.15, -0.1) is 22.7 Å². The van der Waals surface area contributed by atoms with Gasteiger partial charge in [-0.25, -0.2) is 19.9 Å². The molecule has 0 saturated carbocycles. The molecule has 3 N–H and O–H groups in total. The monoisotopic (exact) mass is 871 g/mol. The number of benzene rings is 2. The third-order valence-electron chi connectivity index (χ3n) is 11.5. The fourth-order valence-electron chi connectivity index (χ4n) is 8.63. The summed E-state index contributed by atoms with van der Waals surface area (Å²) in [6.45, 7) is 9.42. The largest absolute Gasteiger partial charge is 0.489 e. The summed E-state index contributed by atoms with van der Waals surface area (Å²) in [4.78, 5) is 56.7. The fraction of sp³-hybridized carbons (Fsp3) is 0.391. The number of nitrogens with zero attached hydrogens (tertiary/aromatic N) is 7. The summed E-state index contributed by atoms with van der Waals surface area (Å²) in [7, 11) is 3.66. The molecule has 0 spiro atoms. The van der Waals surface area contributed by atoms with Gasteiger partial charge in [0.2, 0.25) is 5.91 Å². The molecule has 2 aromatic carbocycles. The number of hydrogen-bond acceptors (Lipinski definition) is 14. The number of rotatable bonds is 10. The first-order chi connectivity index (χ1) is 29.9. The van der Waals surface area contributed by atoms with Crippen molar-refractivity contribution in [3.63, 3.8) is 0 Å². The van der Waals surface area contributed by atoms with Gasteiger partial charge >= 0.3 is 5.97 Å². The standard InChI is InChI=1S/C24H27N5O2S.C22H22N4O3S/c1-13(2)31-19-8-16-11-25-10-15(16)7-18(19)28-22-21-17-6-5-14(24(30)29(3)4)9-20(17)32-23(21)27-12-26-22;1-11(2)29-17-6-14-9-23-8-13(14)5-16(17)26-20-19-15-4-3-12(22(27)28)7-18(15)30-21(19)25-10-24-20/h7-8,10,12-14H,5-6,9,11H2,1-4H3,(H,26,27,28);5-6,8,10-12H,3-4,7,9H2,1-2H3,(H,27,28)(H,24,25,26)/t14-;12-/m00/s1. The van der Waals surface area contributed by atoms with Crippen LogP contribution >= 0.6 is 22.7 Å². The zero-order valence-electron chi connectivity index (χ0n) is 35.6. The van der Waals surface area contributed by atoms with Gasteiger partial charge in [0.1, 0.15) is 45.5 Å². The molecule has 14 nitrogen and oxygen atoms in total. The molecule has 62 heavy (non-hydrogen) atoms. The van der Waals surface area contributed by atoms with E-state index in [0.29, 0.717) is 25.9 Å². The van der Waals surface area contributed by atoms with Gasteiger partial charge in [-0.2, -0.15) is 0 Å². The van der Waals surface area contributed by atoms with E-state index in [1.54, 1.807) is 40.2 Å². The maximum absolute atomic E-state index is 12.5. The Bertz CT molecular complexity index is 2790. The van der Waals surface area contributed by atoms with Gasteiger partial charge < -0.3 is 30.1 Å². The lowest BCUT2D eigenvalue weighted by molar-refractivity contribution is -0.142. The smallest absolute Gasteiger partial charge is 0.306 e. The highest BCUT2D eigenvalue weighted by Gasteiger charge is 2.31. The molecule has 0 unspecified atom stereocenters. The molecular formula is C46H49N9O5S2. The van der Waals surface area contributed by atoms with Crippen LogP contribution in [0.3, 0.4) is 0 Å². The molecule has 2 aliphatic carbocycles. The van der Waals surface area contributed by atoms with Crippen LogP contribution in [0.15, 0.2) is 46.9 Å². The van der Waals surface area contributed by atoms with Gasteiger partial charge in [0.05, 0.1) is 53.4 Å². The highest BCUT2D eigenvalue weighted by molar-refractivity contribution is 7.19. The zero-order valence-corrected chi connectivity index (χ0v) is 37.2. The van der Waals surface area contributed by atoms with E-state index in [1.807, 2.05) is 60.3 Å². The third-order valence-corrected chi connectivity index (χ3v) is 13.9. The van der Waals surface area contributed by atoms with Crippen LogP contribution in [-0.4, -0.2) is 80.6 Å². The summed E-state index contributed by atoms with van der Waals surface area (Å²) in [6, 6.07) is 8.26. The normalized spacial score (nSPS) is 17.0. The van der Waals surface area contributed by atoms with E-state index < -0.39 is 5.97 Å². The number of aliphatic carboxylic acids is 1. The lowest BCUT2D eigenvalue weighted by Gasteiger charge is -2.24. The Balaban J connectivity index is 0.000000158. The van der Waals surface area contributed by atoms with Crippen LogP contribution in [0.5, 0.6) is 11.5 Å². The van der Waals surface area contributed by atoms with Gasteiger partial charge in [-0.05, 0) is 124 Å². The van der Waals surface area contributed by atoms with E-state index in [9.17, 15) is 14.7 Å². The molecule has 4 aliphatic rings. The second-order valence-corrected chi connectivity index (χ2v) is 19.0. The zero-order chi connectivity index (χ0) is 43.2. The van der Waals surface area contributed by atoms with Crippen molar-refractivity contribution in [2.75, 3.05) is 24.7 Å². The van der Waals surface area contributed by atoms with E-state index in [-0.39, 0.29) is 30.0 Å². The van der Waals surface area contributed by atoms with Crippen LogP contribution in [0.2, 0.25) is 0 Å². The van der Waals surface area contributed by atoms with Crippen LogP contribution in [-0.2, 0) is 48.4 Å². The highest BCUT2D eigenvalue weighted by Crippen LogP contribution is 2.44. The van der Waals surface area contributed by atoms with Crippen LogP contribution < -0.4 is 20.1 Å². The maximum atomic E-state index is 12.5. The summed E-state index contributed by atoms with van der Waals surface area (Å²) < 4.78 is 12.2. The number of carbonyl (C=O) groups is 2. The van der Waals surface area contributed by atoms with Crippen molar-refractivity contribution >= 4 is 90.4 Å². The number of aromatic nitrogens is 4. The number of carboxylic acid groups (broad SMARTS) is 1. The van der Waals surface area contributed by atoms with Crippen LogP contribution in [0, 0.1) is 11.8 Å². The molecule has 0 bridgehead atoms. The number of anilines is 4. The Morgan fingerprint density at radius 2 is 1.18 bits per heavy atom. The number of hydrogen-bond donors (Lipinski definition) is 3. The van der Waals surface area contributed by atoms with Crippen LogP contribution in [0.1, 0.15) is 83.7 Å². The second-order valence-electron chi connectivity index (χ2n) is 16.9. The average molecular weight is 872 g/mol. The second kappa shape index (κ2) is 17.0. The van der Waals surface area contributed by atoms with Crippen molar-refractivity contribution in [1.82, 2.24) is 24.8 Å². The topological polar surface area (TPSA) is 176 Å². The van der Waals surface area contributed by atoms with Crippen LogP contribution in [0.25, 0.3) is 20.4 Å². The molecular weight excluding hydrogens is 823 g/mol. The minimum atomic E-state index is -0.724. The number of carbonyl (C=O) groups excluding carboxylic acids is 1. The molecule has 0 saturated heterocycles. The quantitative estimate of drug-likeness (QED) is 0.120. The van der Waals surface area contributed by atoms with Gasteiger partial charge in [-0.1, -0.05) is 0 Å². The van der Waals surface area contributed by atoms with E-state index in [4.69, 9.17) is 9.47 Å². The Labute approximate surface area is 367 Å². The van der Waals surface area contributed by atoms with Crippen molar-refractivity contribution in [3.8, 4) is 11.5 Å². The molecule has 10 rings (SSSR count). The minimum absolute atomic E-state index is 0.0389. The Hall–Kier alpha value is -6.00. The van der Waals surface area contributed by atoms with Gasteiger partial charge in [0, 0.05) is 42.2 Å². The predicted octanol–water partition coefficient (Wildman–Crippen LogP) is 8.69. The van der Waals surface area contributed by atoms with E-state index in [1.165, 1.54) is 21.6 Å². The molecule has 4 aromatic heterocycles. The number of nitrogens with one attached hydrogen (secondary N) is 2. The Morgan fingerprint density at radius 1 is 0.710 bits per heavy atom. The lowest BCUT2D eigenvalue weighted by atomic mass is 9.87. The molecule has 320 valence electrons. The number of aryl methyl sites for hydroxylation is 2. The molecule has 0 radical (unpaired) electrons. The van der Waals surface area contributed by atoms with Gasteiger partial charge in [0.15, 0.2) is 0 Å². The Morgan fingerprint density at radius 3 is 1.63 bits per heavy atom. The summed E-state index contributed by atoms with van der Waals surface area (Å²) in [5, 5.41) is 18.5. The molecule has 2 aliphatic heterocycles. The van der Waals surface area contributed by atoms with Gasteiger partial charge in [0.25, 0.3) is 0 Å². The van der Waals surface area contributed by atoms with Crippen molar-refractivity contribution in [3.05, 3.63) is 80.1 Å². The molecule has 1 amide bonds. The number of fused-ring (bicyclic) bond motifs is 8. The molecule has 6 aromatic rings. The number of aliphatic imine (C=N–C) groups is 2. The van der Waals surface area contributed by atoms with E-state index in [2.05, 4.69) is 58.8 Å². The number of amides is 1. The first kappa shape index (κ1) is 41.4. The molecule has 16 heteroatoms. The molecule has 0 fully saturated rings. The van der Waals surface area contributed by atoms with Crippen LogP contribution in [0.4, 0.5) is 23.0 Å². The number of thiophene rings is 2. The van der Waals surface area contributed by atoms with Gasteiger partial charge in [-0.3, -0.25) is 19.6 Å². The average Bonchev–Trinajstić information content (AvgIpc) is 4.05. The summed E-state index contributed by atoms with van der Waals surface area (Å²) in [5.74, 6) is 2.29. The summed E-state index contributed by atoms with van der Waals surface area (Å²) >= 11 is 3.25. The first-order valence-electron chi connectivity index (χ1n) is 21.0. The van der Waals surface area contributed by atoms with Crippen molar-refractivity contribution < 1.29 is 24.2 Å². The van der Waals surface area contributed by atoms with Crippen molar-refractivity contribution in [2.24, 2.45) is 21.8 Å². The first-order valence-corrected chi connectivity index (χ1v) is 22.7. The maximum Gasteiger partial charge on any atom is 0.306 e. The lowest BCUT2D eigenvalue weighted by Crippen LogP contribution is -2.32. The third kappa shape index (κ3) is 8.20. The summed E-state index contributed by atoms with van der Waals surface area (Å²) in [6.07, 6.45) is 11.4. The predicted molar refractivity (Wildman–Crippen MR) is 246 cm³/mol. The fourth-order valence-corrected chi connectivity index (χ4v) is 11.2. The highest BCUT2D eigenvalue weighted by atomic mass is 32.1. The van der Waals surface area contributed by atoms with Crippen molar-refractivity contribution in [1.29, 1.82) is 0 Å². The van der Waals surface area contributed by atoms with E-state index in [0.717, 1.165) is 102 Å². The minimum Gasteiger partial charge on any atom is -0.489 e. The van der Waals surface area contributed by atoms with Crippen molar-refractivity contribution in [2.45, 2.75) is 91.5 Å². The molecule has 6 heterocycles. The summed E-state index contributed by atoms with van der Waals surface area (Å²) in [5.41, 5.74) is 8.66.